The molecule has 0 aliphatic rings. The monoisotopic (exact) mass is 230 g/mol. The van der Waals surface area contributed by atoms with E-state index in [1.165, 1.54) is 5.56 Å². The summed E-state index contributed by atoms with van der Waals surface area (Å²) in [5.74, 6) is 0. The Balaban J connectivity index is 2.32. The minimum atomic E-state index is -0.459. The molecule has 0 aliphatic heterocycles. The average Bonchev–Trinajstić information content (AvgIpc) is 2.55. The molecule has 1 unspecified atom stereocenters. The number of hydrogen-bond acceptors (Lipinski definition) is 2. The lowest BCUT2D eigenvalue weighted by Crippen LogP contribution is -2.04. The van der Waals surface area contributed by atoms with Crippen molar-refractivity contribution < 1.29 is 5.11 Å². The van der Waals surface area contributed by atoms with Crippen LogP contribution in [0.25, 0.3) is 0 Å². The molecule has 0 amide bonds. The van der Waals surface area contributed by atoms with Crippen molar-refractivity contribution in [2.24, 2.45) is 0 Å². The fourth-order valence-corrected chi connectivity index (χ4v) is 2.23. The third-order valence-electron chi connectivity index (χ3n) is 3.03. The summed E-state index contributed by atoms with van der Waals surface area (Å²) in [6, 6.07) is 10.2. The molecule has 0 bridgehead atoms. The molecule has 1 aromatic heterocycles. The van der Waals surface area contributed by atoms with E-state index in [1.807, 2.05) is 36.7 Å². The van der Waals surface area contributed by atoms with Crippen LogP contribution in [0.3, 0.4) is 0 Å². The first kappa shape index (κ1) is 11.9. The minimum Gasteiger partial charge on any atom is -0.389 e. The highest BCUT2D eigenvalue weighted by molar-refractivity contribution is 5.27. The summed E-state index contributed by atoms with van der Waals surface area (Å²) in [5, 5.41) is 14.2. The van der Waals surface area contributed by atoms with Gasteiger partial charge >= 0.3 is 0 Å². The molecule has 0 spiro atoms. The van der Waals surface area contributed by atoms with Crippen LogP contribution in [0.2, 0.25) is 0 Å². The molecule has 1 aromatic carbocycles. The first-order valence-corrected chi connectivity index (χ1v) is 5.85. The zero-order valence-electron chi connectivity index (χ0n) is 10.5. The number of benzene rings is 1. The molecule has 90 valence electrons. The molecule has 0 saturated carbocycles. The lowest BCUT2D eigenvalue weighted by molar-refractivity contribution is 0.197. The summed E-state index contributed by atoms with van der Waals surface area (Å²) < 4.78 is 1.95. The predicted octanol–water partition coefficient (Wildman–Crippen LogP) is 2.60. The fourth-order valence-electron chi connectivity index (χ4n) is 2.23. The van der Waals surface area contributed by atoms with Crippen LogP contribution in [0.1, 0.15) is 35.5 Å². The van der Waals surface area contributed by atoms with Crippen molar-refractivity contribution in [1.82, 2.24) is 9.78 Å². The molecule has 0 aliphatic carbocycles. The summed E-state index contributed by atoms with van der Waals surface area (Å²) in [4.78, 5) is 0. The molecule has 1 atom stereocenters. The Labute approximate surface area is 102 Å². The smallest absolute Gasteiger partial charge is 0.0797 e. The number of aliphatic hydroxyl groups excluding tert-OH is 1. The van der Waals surface area contributed by atoms with Crippen LogP contribution >= 0.6 is 0 Å². The first-order valence-electron chi connectivity index (χ1n) is 5.85. The predicted molar refractivity (Wildman–Crippen MR) is 67.9 cm³/mol. The van der Waals surface area contributed by atoms with Gasteiger partial charge in [0.05, 0.1) is 18.3 Å². The number of aromatic nitrogens is 2. The maximum absolute atomic E-state index is 9.71. The van der Waals surface area contributed by atoms with Crippen LogP contribution in [-0.4, -0.2) is 14.9 Å². The molecule has 2 rings (SSSR count). The van der Waals surface area contributed by atoms with Crippen LogP contribution < -0.4 is 0 Å². The highest BCUT2D eigenvalue weighted by Crippen LogP contribution is 2.21. The zero-order chi connectivity index (χ0) is 12.4. The van der Waals surface area contributed by atoms with Gasteiger partial charge in [-0.15, -0.1) is 0 Å². The number of nitrogens with zero attached hydrogens (tertiary/aromatic N) is 2. The average molecular weight is 230 g/mol. The van der Waals surface area contributed by atoms with Crippen molar-refractivity contribution in [3.05, 3.63) is 52.8 Å². The lowest BCUT2D eigenvalue weighted by atomic mass is 10.1. The van der Waals surface area contributed by atoms with Gasteiger partial charge in [0.2, 0.25) is 0 Å². The molecule has 1 heterocycles. The van der Waals surface area contributed by atoms with Crippen LogP contribution in [0.4, 0.5) is 0 Å². The van der Waals surface area contributed by atoms with E-state index in [0.29, 0.717) is 0 Å². The van der Waals surface area contributed by atoms with Gasteiger partial charge in [-0.2, -0.15) is 5.10 Å². The van der Waals surface area contributed by atoms with E-state index < -0.39 is 6.10 Å². The van der Waals surface area contributed by atoms with Gasteiger partial charge in [0, 0.05) is 11.3 Å². The van der Waals surface area contributed by atoms with Gasteiger partial charge < -0.3 is 5.11 Å². The van der Waals surface area contributed by atoms with Gasteiger partial charge in [-0.25, -0.2) is 0 Å². The normalized spacial score (nSPS) is 12.7. The summed E-state index contributed by atoms with van der Waals surface area (Å²) in [7, 11) is 0. The SMILES string of the molecule is Cc1nn(Cc2ccccc2)c(C)c1C(C)O. The highest BCUT2D eigenvalue weighted by Gasteiger charge is 2.15. The molecule has 3 heteroatoms. The minimum absolute atomic E-state index is 0.459. The molecule has 1 N–H and O–H groups in total. The Morgan fingerprint density at radius 3 is 2.41 bits per heavy atom. The quantitative estimate of drug-likeness (QED) is 0.880. The van der Waals surface area contributed by atoms with Crippen molar-refractivity contribution in [3.8, 4) is 0 Å². The van der Waals surface area contributed by atoms with Crippen molar-refractivity contribution in [2.45, 2.75) is 33.4 Å². The Hall–Kier alpha value is -1.61. The molecular weight excluding hydrogens is 212 g/mol. The van der Waals surface area contributed by atoms with E-state index in [0.717, 1.165) is 23.5 Å². The van der Waals surface area contributed by atoms with E-state index in [9.17, 15) is 5.11 Å². The van der Waals surface area contributed by atoms with E-state index in [-0.39, 0.29) is 0 Å². The van der Waals surface area contributed by atoms with Crippen molar-refractivity contribution in [1.29, 1.82) is 0 Å². The topological polar surface area (TPSA) is 38.0 Å². The van der Waals surface area contributed by atoms with Gasteiger partial charge in [0.1, 0.15) is 0 Å². The third kappa shape index (κ3) is 2.39. The van der Waals surface area contributed by atoms with Crippen LogP contribution in [0.5, 0.6) is 0 Å². The third-order valence-corrected chi connectivity index (χ3v) is 3.03. The highest BCUT2D eigenvalue weighted by atomic mass is 16.3. The second kappa shape index (κ2) is 4.72. The van der Waals surface area contributed by atoms with E-state index in [1.54, 1.807) is 6.92 Å². The number of hydrogen-bond donors (Lipinski definition) is 1. The van der Waals surface area contributed by atoms with Crippen LogP contribution in [0.15, 0.2) is 30.3 Å². The Morgan fingerprint density at radius 1 is 1.24 bits per heavy atom. The maximum atomic E-state index is 9.71. The number of rotatable bonds is 3. The molecule has 0 radical (unpaired) electrons. The van der Waals surface area contributed by atoms with Gasteiger partial charge in [-0.3, -0.25) is 4.68 Å². The summed E-state index contributed by atoms with van der Waals surface area (Å²) in [6.07, 6.45) is -0.459. The second-order valence-corrected chi connectivity index (χ2v) is 4.40. The molecular formula is C14H18N2O. The van der Waals surface area contributed by atoms with Gasteiger partial charge in [-0.05, 0) is 26.3 Å². The summed E-state index contributed by atoms with van der Waals surface area (Å²) >= 11 is 0. The molecule has 0 saturated heterocycles. The molecule has 3 nitrogen and oxygen atoms in total. The van der Waals surface area contributed by atoms with Crippen molar-refractivity contribution in [2.75, 3.05) is 0 Å². The fraction of sp³-hybridized carbons (Fsp3) is 0.357. The van der Waals surface area contributed by atoms with Crippen LogP contribution in [0, 0.1) is 13.8 Å². The lowest BCUT2D eigenvalue weighted by Gasteiger charge is -2.07. The van der Waals surface area contributed by atoms with Gasteiger partial charge in [0.25, 0.3) is 0 Å². The van der Waals surface area contributed by atoms with Crippen molar-refractivity contribution >= 4 is 0 Å². The Kier molecular flexibility index (Phi) is 3.29. The number of aryl methyl sites for hydroxylation is 1. The summed E-state index contributed by atoms with van der Waals surface area (Å²) in [5.41, 5.74) is 4.12. The maximum Gasteiger partial charge on any atom is 0.0797 e. The first-order chi connectivity index (χ1) is 8.09. The van der Waals surface area contributed by atoms with E-state index in [4.69, 9.17) is 0 Å². The van der Waals surface area contributed by atoms with Gasteiger partial charge in [-0.1, -0.05) is 30.3 Å². The summed E-state index contributed by atoms with van der Waals surface area (Å²) in [6.45, 7) is 6.48. The molecule has 2 aromatic rings. The molecule has 0 fully saturated rings. The Morgan fingerprint density at radius 2 is 1.88 bits per heavy atom. The Bertz CT molecular complexity index is 500. The van der Waals surface area contributed by atoms with Gasteiger partial charge in [0.15, 0.2) is 0 Å². The molecule has 17 heavy (non-hydrogen) atoms. The largest absolute Gasteiger partial charge is 0.389 e. The standard InChI is InChI=1S/C14H18N2O/c1-10-14(12(3)17)11(2)16(15-10)9-13-7-5-4-6-8-13/h4-8,12,17H,9H2,1-3H3. The van der Waals surface area contributed by atoms with Crippen LogP contribution in [-0.2, 0) is 6.54 Å². The number of aliphatic hydroxyl groups is 1. The van der Waals surface area contributed by atoms with E-state index in [2.05, 4.69) is 17.2 Å². The zero-order valence-corrected chi connectivity index (χ0v) is 10.5. The van der Waals surface area contributed by atoms with Crippen molar-refractivity contribution in [3.63, 3.8) is 0 Å². The van der Waals surface area contributed by atoms with E-state index >= 15 is 0 Å². The second-order valence-electron chi connectivity index (χ2n) is 4.40.